The predicted molar refractivity (Wildman–Crippen MR) is 340 cm³/mol. The second kappa shape index (κ2) is 29.0. The Labute approximate surface area is 547 Å². The number of benzene rings is 6. The molecule has 6 aromatic carbocycles. The average Bonchev–Trinajstić information content (AvgIpc) is 1.64. The predicted octanol–water partition coefficient (Wildman–Crippen LogP) is 13.1. The van der Waals surface area contributed by atoms with E-state index in [1.54, 1.807) is 50.2 Å². The number of aliphatic carboxylic acids is 1. The summed E-state index contributed by atoms with van der Waals surface area (Å²) in [6.07, 6.45) is 1.08. The van der Waals surface area contributed by atoms with Crippen LogP contribution in [-0.4, -0.2) is 94.0 Å². The second-order valence-corrected chi connectivity index (χ2v) is 25.4. The number of carboxylic acid groups (broad SMARTS) is 2. The summed E-state index contributed by atoms with van der Waals surface area (Å²) in [5.41, 5.74) is 8.88. The van der Waals surface area contributed by atoms with Crippen LogP contribution in [0.4, 0.5) is 26.3 Å². The van der Waals surface area contributed by atoms with E-state index in [0.717, 1.165) is 92.3 Å². The maximum Gasteiger partial charge on any atom is 0.416 e. The number of aryl methyl sites for hydroxylation is 4. The minimum atomic E-state index is -4.53. The summed E-state index contributed by atoms with van der Waals surface area (Å²) in [4.78, 5) is 74.4. The maximum atomic E-state index is 13.4. The number of alkyl halides is 6. The molecule has 6 aromatic rings. The number of fused-ring (bicyclic) bond motifs is 3. The highest BCUT2D eigenvalue weighted by atomic mass is 19.4. The molecule has 16 nitrogen and oxygen atoms in total. The van der Waals surface area contributed by atoms with Crippen molar-refractivity contribution in [1.29, 1.82) is 0 Å². The van der Waals surface area contributed by atoms with E-state index in [0.29, 0.717) is 53.4 Å². The third-order valence-electron chi connectivity index (χ3n) is 18.2. The van der Waals surface area contributed by atoms with Gasteiger partial charge >= 0.3 is 36.2 Å². The van der Waals surface area contributed by atoms with Crippen molar-refractivity contribution in [2.75, 3.05) is 13.2 Å². The minimum Gasteiger partial charge on any atom is -0.489 e. The van der Waals surface area contributed by atoms with Crippen molar-refractivity contribution < 1.29 is 89.0 Å². The first-order chi connectivity index (χ1) is 44.9. The first kappa shape index (κ1) is 70.4. The number of hydrogen-bond donors (Lipinski definition) is 5. The molecule has 0 bridgehead atoms. The van der Waals surface area contributed by atoms with Crippen LogP contribution in [0.5, 0.6) is 17.2 Å². The van der Waals surface area contributed by atoms with Gasteiger partial charge in [0.05, 0.1) is 53.8 Å². The molecule has 22 heteroatoms. The first-order valence-corrected chi connectivity index (χ1v) is 32.0. The van der Waals surface area contributed by atoms with Crippen LogP contribution in [0.3, 0.4) is 0 Å². The fourth-order valence-electron chi connectivity index (χ4n) is 12.3. The monoisotopic (exact) mass is 1320 g/mol. The van der Waals surface area contributed by atoms with Crippen molar-refractivity contribution in [2.45, 2.75) is 185 Å². The molecule has 3 unspecified atom stereocenters. The summed E-state index contributed by atoms with van der Waals surface area (Å²) in [5, 5.41) is 24.3. The SMILES string of the molecule is CCOC(=O)C1(N)Cc2ccc(C)cc2C1.CCOC(=O)C1(NC(=O)c2cccc(C)c2OC2CCC2)Cc2ccc(C(F)(F)F)cc2C1.Cc1cccc(C(=O)NC2(C(=O)O)Cc3ccc(C(F)(F)F)cc3C2)c1OC1CCC1.Cc1cccc(C(=O)O)c1OC1CCC1. The minimum absolute atomic E-state index is 0.0256. The average molecular weight is 1320 g/mol. The molecule has 0 aromatic heterocycles. The number of ether oxygens (including phenoxy) is 5. The van der Waals surface area contributed by atoms with Crippen LogP contribution in [0.2, 0.25) is 0 Å². The van der Waals surface area contributed by atoms with Crippen LogP contribution in [0.25, 0.3) is 0 Å². The standard InChI is InChI=1S/C25H26F3NO4.C23H22F3NO4.C13H17NO2.C12H14O3/c1-3-32-23(31)24(13-16-10-11-18(25(26,27)28)12-17(16)14-24)29-22(30)20-9-4-6-15(2)21(20)33-19-7-5-8-19;1-13-4-2-7-18(19(13)31-17-5-3-6-17)20(28)27-22(21(29)30)11-14-8-9-16(23(24,25)26)10-15(14)12-22;1-3-16-12(15)13(14)7-10-5-4-9(2)6-11(10)8-13;1-8-4-2-7-10(12(13)14)11(8)15-9-5-3-6-9/h4,6,9-12,19H,3,5,7-8,13-14H2,1-2H3,(H,29,30);2,4,7-10,17H,3,5-6,11-12H2,1H3,(H,27,28)(H,29,30);4-6H,3,7-8,14H2,1-2H3;2,4,7,9H,3,5-6H2,1H3,(H,13,14). The number of amides is 2. The lowest BCUT2D eigenvalue weighted by Crippen LogP contribution is -2.56. The lowest BCUT2D eigenvalue weighted by Gasteiger charge is -2.30. The van der Waals surface area contributed by atoms with Crippen molar-refractivity contribution in [2.24, 2.45) is 5.73 Å². The number of para-hydroxylation sites is 3. The van der Waals surface area contributed by atoms with Crippen molar-refractivity contribution in [3.05, 3.63) is 193 Å². The third-order valence-corrected chi connectivity index (χ3v) is 18.2. The molecule has 506 valence electrons. The number of rotatable bonds is 16. The number of carboxylic acids is 2. The van der Waals surface area contributed by atoms with Gasteiger partial charge in [-0.05, 0) is 192 Å². The first-order valence-electron chi connectivity index (χ1n) is 32.0. The van der Waals surface area contributed by atoms with Gasteiger partial charge in [0.2, 0.25) is 0 Å². The van der Waals surface area contributed by atoms with E-state index >= 15 is 0 Å². The Balaban J connectivity index is 0.000000157. The molecule has 6 aliphatic rings. The quantitative estimate of drug-likeness (QED) is 0.0448. The molecular formula is C73H79F6N3O13. The van der Waals surface area contributed by atoms with Crippen molar-refractivity contribution >= 4 is 35.7 Å². The highest BCUT2D eigenvalue weighted by Gasteiger charge is 2.49. The van der Waals surface area contributed by atoms with Crippen molar-refractivity contribution in [3.8, 4) is 17.2 Å². The van der Waals surface area contributed by atoms with Gasteiger partial charge in [0.15, 0.2) is 0 Å². The van der Waals surface area contributed by atoms with Crippen LogP contribution in [0.1, 0.15) is 169 Å². The number of aromatic carboxylic acids is 1. The number of carbonyl (C=O) groups is 6. The van der Waals surface area contributed by atoms with Gasteiger partial charge in [-0.15, -0.1) is 0 Å². The van der Waals surface area contributed by atoms with Gasteiger partial charge in [-0.1, -0.05) is 72.3 Å². The second-order valence-electron chi connectivity index (χ2n) is 25.4. The lowest BCUT2D eigenvalue weighted by atomic mass is 9.94. The molecule has 3 saturated carbocycles. The molecule has 0 spiro atoms. The Morgan fingerprint density at radius 2 is 0.832 bits per heavy atom. The zero-order chi connectivity index (χ0) is 68.8. The van der Waals surface area contributed by atoms with Crippen LogP contribution in [-0.2, 0) is 74.7 Å². The Morgan fingerprint density at radius 3 is 1.24 bits per heavy atom. The molecule has 12 rings (SSSR count). The largest absolute Gasteiger partial charge is 0.489 e. The lowest BCUT2D eigenvalue weighted by molar-refractivity contribution is -0.150. The van der Waals surface area contributed by atoms with E-state index in [1.807, 2.05) is 45.9 Å². The number of hydrogen-bond acceptors (Lipinski definition) is 12. The molecule has 3 fully saturated rings. The molecular weight excluding hydrogens is 1240 g/mol. The number of carbonyl (C=O) groups excluding carboxylic acids is 4. The molecule has 6 aliphatic carbocycles. The van der Waals surface area contributed by atoms with Crippen molar-refractivity contribution in [3.63, 3.8) is 0 Å². The zero-order valence-corrected chi connectivity index (χ0v) is 53.9. The number of esters is 2. The van der Waals surface area contributed by atoms with Gasteiger partial charge in [-0.25, -0.2) is 14.4 Å². The number of nitrogens with two attached hydrogens (primary N) is 1. The normalized spacial score (nSPS) is 20.1. The molecule has 0 heterocycles. The van der Waals surface area contributed by atoms with Crippen LogP contribution in [0, 0.1) is 27.7 Å². The van der Waals surface area contributed by atoms with Crippen LogP contribution < -0.4 is 30.6 Å². The molecule has 3 atom stereocenters. The van der Waals surface area contributed by atoms with Gasteiger partial charge in [-0.2, -0.15) is 26.3 Å². The number of halogens is 6. The zero-order valence-electron chi connectivity index (χ0n) is 53.9. The molecule has 6 N–H and O–H groups in total. The van der Waals surface area contributed by atoms with E-state index in [1.165, 1.54) is 35.2 Å². The summed E-state index contributed by atoms with van der Waals surface area (Å²) >= 11 is 0. The molecule has 0 radical (unpaired) electrons. The Morgan fingerprint density at radius 1 is 0.474 bits per heavy atom. The summed E-state index contributed by atoms with van der Waals surface area (Å²) in [5.74, 6) is -2.90. The van der Waals surface area contributed by atoms with E-state index in [4.69, 9.17) is 34.5 Å². The molecule has 0 saturated heterocycles. The fraction of sp³-hybridized carbons (Fsp3) is 0.425. The van der Waals surface area contributed by atoms with E-state index in [2.05, 4.69) is 28.8 Å². The Hall–Kier alpha value is -8.92. The highest BCUT2D eigenvalue weighted by molar-refractivity contribution is 6.02. The van der Waals surface area contributed by atoms with E-state index in [-0.39, 0.29) is 78.8 Å². The Kier molecular flexibility index (Phi) is 21.5. The van der Waals surface area contributed by atoms with Gasteiger partial charge in [0, 0.05) is 38.5 Å². The summed E-state index contributed by atoms with van der Waals surface area (Å²) in [6, 6.07) is 28.2. The van der Waals surface area contributed by atoms with Crippen molar-refractivity contribution in [1.82, 2.24) is 10.6 Å². The Bertz CT molecular complexity index is 3880. The molecule has 2 amide bonds. The maximum absolute atomic E-state index is 13.4. The van der Waals surface area contributed by atoms with E-state index < -0.39 is 69.8 Å². The molecule has 95 heavy (non-hydrogen) atoms. The van der Waals surface area contributed by atoms with Gasteiger partial charge in [0.25, 0.3) is 11.8 Å². The molecule has 0 aliphatic heterocycles. The fourth-order valence-corrected chi connectivity index (χ4v) is 12.3. The topological polar surface area (TPSA) is 239 Å². The van der Waals surface area contributed by atoms with Gasteiger partial charge in [0.1, 0.15) is 39.4 Å². The van der Waals surface area contributed by atoms with Gasteiger partial charge in [-0.3, -0.25) is 14.4 Å². The van der Waals surface area contributed by atoms with Gasteiger partial charge < -0.3 is 50.3 Å². The summed E-state index contributed by atoms with van der Waals surface area (Å²) in [6.45, 7) is 11.5. The van der Waals surface area contributed by atoms with Crippen LogP contribution in [0.15, 0.2) is 109 Å². The number of nitrogens with one attached hydrogen (secondary N) is 2. The summed E-state index contributed by atoms with van der Waals surface area (Å²) < 4.78 is 107. The third kappa shape index (κ3) is 16.3. The smallest absolute Gasteiger partial charge is 0.416 e. The van der Waals surface area contributed by atoms with E-state index in [9.17, 15) is 60.2 Å². The van der Waals surface area contributed by atoms with Crippen LogP contribution >= 0.6 is 0 Å². The highest BCUT2D eigenvalue weighted by Crippen LogP contribution is 2.41. The summed E-state index contributed by atoms with van der Waals surface area (Å²) in [7, 11) is 0.